The standard InChI is InChI=1S/C19H18ClN5O3/c1-12-18(22-19(26)25-23-12)24-21-10-14-5-8-16(17(9-14)27-2)28-11-13-3-6-15(20)7-4-13/h3-10H,11H2,1-2H3,(H2,22,24,25,26). The summed E-state index contributed by atoms with van der Waals surface area (Å²) in [4.78, 5) is 15.0. The Balaban J connectivity index is 1.67. The number of aromatic nitrogens is 3. The van der Waals surface area contributed by atoms with Gasteiger partial charge in [0.25, 0.3) is 0 Å². The van der Waals surface area contributed by atoms with Crippen LogP contribution in [0.2, 0.25) is 5.02 Å². The first-order valence-electron chi connectivity index (χ1n) is 8.33. The van der Waals surface area contributed by atoms with Gasteiger partial charge in [0.15, 0.2) is 17.3 Å². The Bertz CT molecular complexity index is 1030. The number of nitrogens with one attached hydrogen (secondary N) is 2. The van der Waals surface area contributed by atoms with Crippen molar-refractivity contribution in [2.75, 3.05) is 12.5 Å². The maximum absolute atomic E-state index is 11.2. The summed E-state index contributed by atoms with van der Waals surface area (Å²) >= 11 is 5.89. The van der Waals surface area contributed by atoms with Gasteiger partial charge < -0.3 is 9.47 Å². The third kappa shape index (κ3) is 5.08. The van der Waals surface area contributed by atoms with Crippen molar-refractivity contribution < 1.29 is 9.47 Å². The maximum atomic E-state index is 11.2. The summed E-state index contributed by atoms with van der Waals surface area (Å²) in [5, 5.41) is 10.8. The van der Waals surface area contributed by atoms with Gasteiger partial charge in [-0.15, -0.1) is 0 Å². The molecular weight excluding hydrogens is 382 g/mol. The molecule has 0 unspecified atom stereocenters. The number of methoxy groups -OCH3 is 1. The van der Waals surface area contributed by atoms with Crippen molar-refractivity contribution >= 4 is 23.6 Å². The number of H-pyrrole nitrogens is 1. The van der Waals surface area contributed by atoms with Gasteiger partial charge in [-0.25, -0.2) is 9.89 Å². The molecule has 0 amide bonds. The van der Waals surface area contributed by atoms with E-state index in [-0.39, 0.29) is 5.82 Å². The highest BCUT2D eigenvalue weighted by Gasteiger charge is 2.06. The lowest BCUT2D eigenvalue weighted by Crippen LogP contribution is -2.15. The number of ether oxygens (including phenoxy) is 2. The topological polar surface area (TPSA) is 101 Å². The predicted octanol–water partition coefficient (Wildman–Crippen LogP) is 3.16. The first-order valence-corrected chi connectivity index (χ1v) is 8.70. The zero-order chi connectivity index (χ0) is 19.9. The first kappa shape index (κ1) is 19.4. The number of hydrogen-bond acceptors (Lipinski definition) is 7. The Morgan fingerprint density at radius 3 is 2.75 bits per heavy atom. The number of anilines is 1. The van der Waals surface area contributed by atoms with E-state index in [2.05, 4.69) is 25.7 Å². The Hall–Kier alpha value is -3.39. The zero-order valence-corrected chi connectivity index (χ0v) is 16.0. The molecule has 0 fully saturated rings. The fraction of sp³-hybridized carbons (Fsp3) is 0.158. The Labute approximate surface area is 166 Å². The Morgan fingerprint density at radius 2 is 2.00 bits per heavy atom. The second-order valence-electron chi connectivity index (χ2n) is 5.77. The summed E-state index contributed by atoms with van der Waals surface area (Å²) in [6.07, 6.45) is 1.58. The Kier molecular flexibility index (Phi) is 6.23. The minimum Gasteiger partial charge on any atom is -0.493 e. The minimum atomic E-state index is -0.549. The molecule has 0 aliphatic rings. The smallest absolute Gasteiger partial charge is 0.363 e. The molecule has 0 spiro atoms. The van der Waals surface area contributed by atoms with Gasteiger partial charge in [-0.2, -0.15) is 15.2 Å². The number of aromatic amines is 1. The summed E-state index contributed by atoms with van der Waals surface area (Å²) in [5.41, 5.74) is 4.45. The van der Waals surface area contributed by atoms with Crippen molar-refractivity contribution in [2.24, 2.45) is 5.10 Å². The van der Waals surface area contributed by atoms with Crippen LogP contribution < -0.4 is 20.6 Å². The van der Waals surface area contributed by atoms with E-state index in [1.165, 1.54) is 0 Å². The normalized spacial score (nSPS) is 10.8. The molecule has 0 atom stereocenters. The molecule has 9 heteroatoms. The molecule has 2 aromatic carbocycles. The Morgan fingerprint density at radius 1 is 1.21 bits per heavy atom. The molecular formula is C19H18ClN5O3. The first-order chi connectivity index (χ1) is 13.5. The lowest BCUT2D eigenvalue weighted by Gasteiger charge is -2.11. The average Bonchev–Trinajstić information content (AvgIpc) is 2.70. The van der Waals surface area contributed by atoms with Crippen LogP contribution in [0.15, 0.2) is 52.4 Å². The highest BCUT2D eigenvalue weighted by molar-refractivity contribution is 6.30. The molecule has 0 aliphatic heterocycles. The van der Waals surface area contributed by atoms with Crippen molar-refractivity contribution in [3.8, 4) is 11.5 Å². The molecule has 2 N–H and O–H groups in total. The third-order valence-electron chi connectivity index (χ3n) is 3.75. The zero-order valence-electron chi connectivity index (χ0n) is 15.3. The monoisotopic (exact) mass is 399 g/mol. The SMILES string of the molecule is COc1cc(C=NNc2nc(=O)[nH]nc2C)ccc1OCc1ccc(Cl)cc1. The van der Waals surface area contributed by atoms with Gasteiger partial charge in [0.1, 0.15) is 12.3 Å². The number of benzene rings is 2. The summed E-state index contributed by atoms with van der Waals surface area (Å²) in [5.74, 6) is 1.47. The van der Waals surface area contributed by atoms with Crippen LogP contribution in [0.1, 0.15) is 16.8 Å². The third-order valence-corrected chi connectivity index (χ3v) is 4.01. The van der Waals surface area contributed by atoms with Crippen LogP contribution in [0, 0.1) is 6.92 Å². The van der Waals surface area contributed by atoms with E-state index in [9.17, 15) is 4.79 Å². The molecule has 3 rings (SSSR count). The van der Waals surface area contributed by atoms with Crippen molar-refractivity contribution in [1.29, 1.82) is 0 Å². The lowest BCUT2D eigenvalue weighted by atomic mass is 10.2. The summed E-state index contributed by atoms with van der Waals surface area (Å²) in [6.45, 7) is 2.10. The van der Waals surface area contributed by atoms with E-state index in [1.54, 1.807) is 32.4 Å². The van der Waals surface area contributed by atoms with Gasteiger partial charge in [0.2, 0.25) is 0 Å². The van der Waals surface area contributed by atoms with Gasteiger partial charge in [0.05, 0.1) is 13.3 Å². The van der Waals surface area contributed by atoms with Gasteiger partial charge >= 0.3 is 5.69 Å². The van der Waals surface area contributed by atoms with E-state index in [1.807, 2.05) is 30.3 Å². The van der Waals surface area contributed by atoms with Crippen LogP contribution in [0.4, 0.5) is 5.82 Å². The largest absolute Gasteiger partial charge is 0.493 e. The highest BCUT2D eigenvalue weighted by atomic mass is 35.5. The van der Waals surface area contributed by atoms with Crippen LogP contribution in [-0.2, 0) is 6.61 Å². The molecule has 1 heterocycles. The molecule has 0 saturated heterocycles. The van der Waals surface area contributed by atoms with E-state index < -0.39 is 5.69 Å². The fourth-order valence-corrected chi connectivity index (χ4v) is 2.42. The van der Waals surface area contributed by atoms with Crippen molar-refractivity contribution in [2.45, 2.75) is 13.5 Å². The van der Waals surface area contributed by atoms with Crippen LogP contribution in [0.25, 0.3) is 0 Å². The lowest BCUT2D eigenvalue weighted by molar-refractivity contribution is 0.284. The van der Waals surface area contributed by atoms with Gasteiger partial charge in [-0.05, 0) is 48.4 Å². The van der Waals surface area contributed by atoms with Crippen molar-refractivity contribution in [1.82, 2.24) is 15.2 Å². The van der Waals surface area contributed by atoms with E-state index in [0.29, 0.717) is 28.8 Å². The summed E-state index contributed by atoms with van der Waals surface area (Å²) in [7, 11) is 1.57. The summed E-state index contributed by atoms with van der Waals surface area (Å²) < 4.78 is 11.2. The number of halogens is 1. The van der Waals surface area contributed by atoms with Gasteiger partial charge in [-0.1, -0.05) is 23.7 Å². The molecule has 144 valence electrons. The predicted molar refractivity (Wildman–Crippen MR) is 107 cm³/mol. The molecule has 0 saturated carbocycles. The number of nitrogens with zero attached hydrogens (tertiary/aromatic N) is 3. The van der Waals surface area contributed by atoms with Crippen LogP contribution in [0.3, 0.4) is 0 Å². The number of hydrazone groups is 1. The van der Waals surface area contributed by atoms with E-state index in [0.717, 1.165) is 11.1 Å². The molecule has 0 radical (unpaired) electrons. The van der Waals surface area contributed by atoms with Gasteiger partial charge in [-0.3, -0.25) is 5.43 Å². The molecule has 28 heavy (non-hydrogen) atoms. The summed E-state index contributed by atoms with van der Waals surface area (Å²) in [6, 6.07) is 12.9. The van der Waals surface area contributed by atoms with Crippen LogP contribution >= 0.6 is 11.6 Å². The van der Waals surface area contributed by atoms with E-state index in [4.69, 9.17) is 21.1 Å². The average molecular weight is 400 g/mol. The molecule has 8 nitrogen and oxygen atoms in total. The number of aryl methyl sites for hydroxylation is 1. The molecule has 0 aliphatic carbocycles. The van der Waals surface area contributed by atoms with E-state index >= 15 is 0 Å². The highest BCUT2D eigenvalue weighted by Crippen LogP contribution is 2.28. The fourth-order valence-electron chi connectivity index (χ4n) is 2.29. The van der Waals surface area contributed by atoms with Crippen LogP contribution in [-0.4, -0.2) is 28.5 Å². The second-order valence-corrected chi connectivity index (χ2v) is 6.21. The van der Waals surface area contributed by atoms with Crippen LogP contribution in [0.5, 0.6) is 11.5 Å². The number of hydrogen-bond donors (Lipinski definition) is 2. The second kappa shape index (κ2) is 9.01. The molecule has 3 aromatic rings. The quantitative estimate of drug-likeness (QED) is 0.467. The maximum Gasteiger partial charge on any atom is 0.363 e. The van der Waals surface area contributed by atoms with Crippen molar-refractivity contribution in [3.63, 3.8) is 0 Å². The molecule has 0 bridgehead atoms. The minimum absolute atomic E-state index is 0.287. The van der Waals surface area contributed by atoms with Crippen molar-refractivity contribution in [3.05, 3.63) is 74.8 Å². The molecule has 1 aromatic heterocycles. The number of rotatable bonds is 7. The van der Waals surface area contributed by atoms with Gasteiger partial charge in [0, 0.05) is 5.02 Å².